The van der Waals surface area contributed by atoms with Crippen LogP contribution in [0.15, 0.2) is 54.6 Å². The number of carbonyl (C=O) groups excluding carboxylic acids is 1. The Labute approximate surface area is 166 Å². The largest absolute Gasteiger partial charge is 0.369 e. The number of carbonyl (C=O) groups is 1. The van der Waals surface area contributed by atoms with E-state index >= 15 is 0 Å². The summed E-state index contributed by atoms with van der Waals surface area (Å²) in [5.41, 5.74) is 2.03. The van der Waals surface area contributed by atoms with Gasteiger partial charge in [-0.1, -0.05) is 30.3 Å². The van der Waals surface area contributed by atoms with E-state index in [1.165, 1.54) is 17.8 Å². The highest BCUT2D eigenvalue weighted by Crippen LogP contribution is 2.15. The van der Waals surface area contributed by atoms with Crippen molar-refractivity contribution in [2.24, 2.45) is 0 Å². The summed E-state index contributed by atoms with van der Waals surface area (Å²) in [7, 11) is 0. The van der Waals surface area contributed by atoms with Crippen molar-refractivity contribution in [1.82, 2.24) is 15.5 Å². The molecule has 0 spiro atoms. The molecule has 0 bridgehead atoms. The molecule has 1 saturated heterocycles. The second kappa shape index (κ2) is 10.1. The highest BCUT2D eigenvalue weighted by molar-refractivity contribution is 5.74. The third kappa shape index (κ3) is 6.23. The molecule has 0 aliphatic carbocycles. The summed E-state index contributed by atoms with van der Waals surface area (Å²) in [6.45, 7) is 7.42. The number of piperazine rings is 1. The first kappa shape index (κ1) is 20.1. The highest BCUT2D eigenvalue weighted by atomic mass is 19.1. The fraction of sp³-hybridized carbons (Fsp3) is 0.409. The lowest BCUT2D eigenvalue weighted by molar-refractivity contribution is 0.227. The molecule has 0 saturated carbocycles. The molecule has 5 nitrogen and oxygen atoms in total. The van der Waals surface area contributed by atoms with E-state index in [0.29, 0.717) is 6.54 Å². The Balaban J connectivity index is 1.32. The second-order valence-electron chi connectivity index (χ2n) is 7.31. The molecule has 1 atom stereocenters. The zero-order valence-corrected chi connectivity index (χ0v) is 16.4. The molecule has 1 aliphatic heterocycles. The second-order valence-corrected chi connectivity index (χ2v) is 7.31. The number of para-hydroxylation sites is 1. The summed E-state index contributed by atoms with van der Waals surface area (Å²) in [6, 6.07) is 16.6. The predicted molar refractivity (Wildman–Crippen MR) is 111 cm³/mol. The van der Waals surface area contributed by atoms with E-state index in [1.54, 1.807) is 12.1 Å². The normalized spacial score (nSPS) is 15.9. The zero-order chi connectivity index (χ0) is 19.8. The molecule has 6 heteroatoms. The van der Waals surface area contributed by atoms with Gasteiger partial charge >= 0.3 is 6.03 Å². The van der Waals surface area contributed by atoms with Crippen molar-refractivity contribution in [3.8, 4) is 0 Å². The molecule has 2 amide bonds. The van der Waals surface area contributed by atoms with Gasteiger partial charge < -0.3 is 15.5 Å². The number of hydrogen-bond donors (Lipinski definition) is 2. The van der Waals surface area contributed by atoms with E-state index in [1.807, 2.05) is 13.0 Å². The van der Waals surface area contributed by atoms with Crippen molar-refractivity contribution in [1.29, 1.82) is 0 Å². The molecule has 150 valence electrons. The fourth-order valence-corrected chi connectivity index (χ4v) is 3.42. The predicted octanol–water partition coefficient (Wildman–Crippen LogP) is 3.23. The fourth-order valence-electron chi connectivity index (χ4n) is 3.42. The summed E-state index contributed by atoms with van der Waals surface area (Å²) >= 11 is 0. The van der Waals surface area contributed by atoms with Gasteiger partial charge in [0.25, 0.3) is 0 Å². The monoisotopic (exact) mass is 384 g/mol. The van der Waals surface area contributed by atoms with Crippen molar-refractivity contribution in [2.75, 3.05) is 37.6 Å². The Hall–Kier alpha value is -2.60. The average Bonchev–Trinajstić information content (AvgIpc) is 2.72. The summed E-state index contributed by atoms with van der Waals surface area (Å²) < 4.78 is 13.2. The number of hydrogen-bond acceptors (Lipinski definition) is 3. The molecular weight excluding hydrogens is 355 g/mol. The topological polar surface area (TPSA) is 47.6 Å². The van der Waals surface area contributed by atoms with Crippen LogP contribution in [0.5, 0.6) is 0 Å². The van der Waals surface area contributed by atoms with E-state index < -0.39 is 0 Å². The Morgan fingerprint density at radius 1 is 1.07 bits per heavy atom. The third-order valence-electron chi connectivity index (χ3n) is 5.09. The first-order valence-electron chi connectivity index (χ1n) is 9.91. The SMILES string of the molecule is C[C@@H](CCN1CCN(c2ccccc2)CC1)NC(=O)NCc1cccc(F)c1. The maximum atomic E-state index is 13.2. The van der Waals surface area contributed by atoms with Crippen LogP contribution >= 0.6 is 0 Å². The Morgan fingerprint density at radius 2 is 1.82 bits per heavy atom. The molecule has 1 heterocycles. The van der Waals surface area contributed by atoms with Gasteiger partial charge in [-0.3, -0.25) is 4.90 Å². The minimum atomic E-state index is -0.291. The summed E-state index contributed by atoms with van der Waals surface area (Å²) in [4.78, 5) is 16.9. The van der Waals surface area contributed by atoms with E-state index in [-0.39, 0.29) is 17.9 Å². The number of rotatable bonds is 7. The number of nitrogens with one attached hydrogen (secondary N) is 2. The van der Waals surface area contributed by atoms with Gasteiger partial charge in [0.1, 0.15) is 5.82 Å². The lowest BCUT2D eigenvalue weighted by Gasteiger charge is -2.36. The summed E-state index contributed by atoms with van der Waals surface area (Å²) in [6.07, 6.45) is 0.902. The van der Waals surface area contributed by atoms with Crippen molar-refractivity contribution in [3.05, 3.63) is 66.0 Å². The Morgan fingerprint density at radius 3 is 2.54 bits per heavy atom. The molecular formula is C22H29FN4O. The molecule has 2 N–H and O–H groups in total. The van der Waals surface area contributed by atoms with Crippen molar-refractivity contribution in [3.63, 3.8) is 0 Å². The molecule has 28 heavy (non-hydrogen) atoms. The number of benzene rings is 2. The molecule has 3 rings (SSSR count). The average molecular weight is 384 g/mol. The summed E-state index contributed by atoms with van der Waals surface area (Å²) in [5.74, 6) is -0.291. The van der Waals surface area contributed by atoms with Crippen LogP contribution in [0.2, 0.25) is 0 Å². The maximum absolute atomic E-state index is 13.2. The number of nitrogens with zero attached hydrogens (tertiary/aromatic N) is 2. The van der Waals surface area contributed by atoms with Crippen LogP contribution in [0.4, 0.5) is 14.9 Å². The molecule has 1 aliphatic rings. The molecule has 0 unspecified atom stereocenters. The van der Waals surface area contributed by atoms with Crippen LogP contribution in [0.3, 0.4) is 0 Å². The molecule has 2 aromatic rings. The van der Waals surface area contributed by atoms with Gasteiger partial charge in [-0.25, -0.2) is 9.18 Å². The minimum absolute atomic E-state index is 0.0830. The molecule has 2 aromatic carbocycles. The number of halogens is 1. The molecule has 1 fully saturated rings. The number of urea groups is 1. The van der Waals surface area contributed by atoms with Crippen molar-refractivity contribution in [2.45, 2.75) is 25.9 Å². The maximum Gasteiger partial charge on any atom is 0.315 e. The van der Waals surface area contributed by atoms with Crippen molar-refractivity contribution < 1.29 is 9.18 Å². The van der Waals surface area contributed by atoms with E-state index in [4.69, 9.17) is 0 Å². The Kier molecular flexibility index (Phi) is 7.25. The van der Waals surface area contributed by atoms with Gasteiger partial charge in [-0.2, -0.15) is 0 Å². The lowest BCUT2D eigenvalue weighted by Crippen LogP contribution is -2.48. The van der Waals surface area contributed by atoms with E-state index in [9.17, 15) is 9.18 Å². The highest BCUT2D eigenvalue weighted by Gasteiger charge is 2.17. The van der Waals surface area contributed by atoms with Crippen LogP contribution in [0, 0.1) is 5.82 Å². The smallest absolute Gasteiger partial charge is 0.315 e. The standard InChI is InChI=1S/C22H29FN4O/c1-18(25-22(28)24-17-19-6-5-7-20(23)16-19)10-11-26-12-14-27(15-13-26)21-8-3-2-4-9-21/h2-9,16,18H,10-15,17H2,1H3,(H2,24,25,28)/t18-/m0/s1. The number of anilines is 1. The van der Waals surface area contributed by atoms with E-state index in [0.717, 1.165) is 44.7 Å². The van der Waals surface area contributed by atoms with Crippen LogP contribution in [0.1, 0.15) is 18.9 Å². The van der Waals surface area contributed by atoms with Gasteiger partial charge in [0.15, 0.2) is 0 Å². The van der Waals surface area contributed by atoms with Gasteiger partial charge in [0, 0.05) is 51.0 Å². The lowest BCUT2D eigenvalue weighted by atomic mass is 10.2. The zero-order valence-electron chi connectivity index (χ0n) is 16.4. The van der Waals surface area contributed by atoms with Gasteiger partial charge in [-0.15, -0.1) is 0 Å². The van der Waals surface area contributed by atoms with Gasteiger partial charge in [0.05, 0.1) is 0 Å². The van der Waals surface area contributed by atoms with Crippen molar-refractivity contribution >= 4 is 11.7 Å². The minimum Gasteiger partial charge on any atom is -0.369 e. The molecule has 0 radical (unpaired) electrons. The van der Waals surface area contributed by atoms with E-state index in [2.05, 4.69) is 44.7 Å². The van der Waals surface area contributed by atoms with Crippen LogP contribution in [0.25, 0.3) is 0 Å². The Bertz CT molecular complexity index is 747. The number of amides is 2. The first-order chi connectivity index (χ1) is 13.6. The van der Waals surface area contributed by atoms with Gasteiger partial charge in [0.2, 0.25) is 0 Å². The quantitative estimate of drug-likeness (QED) is 0.771. The van der Waals surface area contributed by atoms with Crippen LogP contribution < -0.4 is 15.5 Å². The third-order valence-corrected chi connectivity index (χ3v) is 5.09. The molecule has 0 aromatic heterocycles. The first-order valence-corrected chi connectivity index (χ1v) is 9.91. The van der Waals surface area contributed by atoms with Crippen LogP contribution in [-0.4, -0.2) is 49.7 Å². The van der Waals surface area contributed by atoms with Crippen LogP contribution in [-0.2, 0) is 6.54 Å². The van der Waals surface area contributed by atoms with Gasteiger partial charge in [-0.05, 0) is 43.2 Å². The summed E-state index contributed by atoms with van der Waals surface area (Å²) in [5, 5.41) is 5.74.